The third-order valence-corrected chi connectivity index (χ3v) is 4.58. The monoisotopic (exact) mass is 272 g/mol. The summed E-state index contributed by atoms with van der Waals surface area (Å²) < 4.78 is 0. The standard InChI is InChI=1S/C15H16N2OS/c1-9-8-12-6-4-5-7-13(12)17(9)15(18)14-10(2)16-11(3)19-14/h4-7,9H,8H2,1-3H3. The lowest BCUT2D eigenvalue weighted by Gasteiger charge is -2.22. The lowest BCUT2D eigenvalue weighted by Crippen LogP contribution is -2.35. The molecule has 19 heavy (non-hydrogen) atoms. The summed E-state index contributed by atoms with van der Waals surface area (Å²) in [5, 5.41) is 0.945. The number of para-hydroxylation sites is 1. The molecule has 2 heterocycles. The van der Waals surface area contributed by atoms with Crippen molar-refractivity contribution >= 4 is 22.9 Å². The number of hydrogen-bond donors (Lipinski definition) is 0. The molecule has 2 aromatic rings. The number of thiazole rings is 1. The molecule has 1 aliphatic rings. The first kappa shape index (κ1) is 12.4. The lowest BCUT2D eigenvalue weighted by atomic mass is 10.1. The number of fused-ring (bicyclic) bond motifs is 1. The van der Waals surface area contributed by atoms with Gasteiger partial charge in [0.15, 0.2) is 0 Å². The zero-order chi connectivity index (χ0) is 13.6. The lowest BCUT2D eigenvalue weighted by molar-refractivity contribution is 0.0984. The first-order valence-corrected chi connectivity index (χ1v) is 7.25. The summed E-state index contributed by atoms with van der Waals surface area (Å²) in [7, 11) is 0. The molecular weight excluding hydrogens is 256 g/mol. The van der Waals surface area contributed by atoms with Gasteiger partial charge in [-0.3, -0.25) is 4.79 Å². The zero-order valence-electron chi connectivity index (χ0n) is 11.3. The van der Waals surface area contributed by atoms with Gasteiger partial charge in [0.25, 0.3) is 5.91 Å². The minimum atomic E-state index is 0.0838. The van der Waals surface area contributed by atoms with Crippen molar-refractivity contribution in [1.29, 1.82) is 0 Å². The molecule has 0 aliphatic carbocycles. The van der Waals surface area contributed by atoms with Crippen molar-refractivity contribution in [3.8, 4) is 0 Å². The van der Waals surface area contributed by atoms with Crippen molar-refractivity contribution in [3.63, 3.8) is 0 Å². The topological polar surface area (TPSA) is 33.2 Å². The first-order chi connectivity index (χ1) is 9.08. The minimum absolute atomic E-state index is 0.0838. The summed E-state index contributed by atoms with van der Waals surface area (Å²) in [5.74, 6) is 0.0838. The van der Waals surface area contributed by atoms with Gasteiger partial charge in [0.05, 0.1) is 10.7 Å². The number of rotatable bonds is 1. The summed E-state index contributed by atoms with van der Waals surface area (Å²) >= 11 is 1.48. The van der Waals surface area contributed by atoms with Crippen molar-refractivity contribution in [2.75, 3.05) is 4.90 Å². The molecular formula is C15H16N2OS. The highest BCUT2D eigenvalue weighted by Gasteiger charge is 2.32. The number of benzene rings is 1. The van der Waals surface area contributed by atoms with Crippen LogP contribution < -0.4 is 4.90 Å². The van der Waals surface area contributed by atoms with E-state index in [1.807, 2.05) is 36.9 Å². The van der Waals surface area contributed by atoms with Crippen LogP contribution in [-0.2, 0) is 6.42 Å². The average molecular weight is 272 g/mol. The van der Waals surface area contributed by atoms with Crippen LogP contribution in [0.1, 0.15) is 32.9 Å². The number of carbonyl (C=O) groups is 1. The van der Waals surface area contributed by atoms with Crippen molar-refractivity contribution in [3.05, 3.63) is 45.4 Å². The molecule has 0 saturated carbocycles. The Kier molecular flexibility index (Phi) is 2.90. The Labute approximate surface area is 116 Å². The van der Waals surface area contributed by atoms with Crippen LogP contribution in [0.2, 0.25) is 0 Å². The Morgan fingerprint density at radius 3 is 2.79 bits per heavy atom. The molecule has 1 amide bonds. The van der Waals surface area contributed by atoms with Crippen LogP contribution in [0.4, 0.5) is 5.69 Å². The molecule has 1 atom stereocenters. The van der Waals surface area contributed by atoms with E-state index in [0.717, 1.165) is 27.7 Å². The van der Waals surface area contributed by atoms with Crippen molar-refractivity contribution in [2.45, 2.75) is 33.2 Å². The van der Waals surface area contributed by atoms with Gasteiger partial charge < -0.3 is 4.90 Å². The van der Waals surface area contributed by atoms with Crippen LogP contribution in [-0.4, -0.2) is 16.9 Å². The number of aromatic nitrogens is 1. The molecule has 0 radical (unpaired) electrons. The number of hydrogen-bond acceptors (Lipinski definition) is 3. The maximum atomic E-state index is 12.8. The van der Waals surface area contributed by atoms with Crippen LogP contribution in [0.25, 0.3) is 0 Å². The van der Waals surface area contributed by atoms with E-state index in [0.29, 0.717) is 0 Å². The van der Waals surface area contributed by atoms with E-state index < -0.39 is 0 Å². The van der Waals surface area contributed by atoms with Crippen LogP contribution in [0, 0.1) is 13.8 Å². The molecule has 1 aliphatic heterocycles. The van der Waals surface area contributed by atoms with E-state index >= 15 is 0 Å². The fourth-order valence-electron chi connectivity index (χ4n) is 2.71. The van der Waals surface area contributed by atoms with E-state index in [4.69, 9.17) is 0 Å². The molecule has 3 nitrogen and oxygen atoms in total. The summed E-state index contributed by atoms with van der Waals surface area (Å²) in [4.78, 5) is 19.8. The van der Waals surface area contributed by atoms with Gasteiger partial charge in [-0.1, -0.05) is 18.2 Å². The number of nitrogens with zero attached hydrogens (tertiary/aromatic N) is 2. The Hall–Kier alpha value is -1.68. The molecule has 0 bridgehead atoms. The predicted octanol–water partition coefficient (Wildman–Crippen LogP) is 3.35. The van der Waals surface area contributed by atoms with Gasteiger partial charge in [-0.25, -0.2) is 4.98 Å². The maximum Gasteiger partial charge on any atom is 0.270 e. The van der Waals surface area contributed by atoms with Crippen LogP contribution in [0.3, 0.4) is 0 Å². The first-order valence-electron chi connectivity index (χ1n) is 6.43. The Bertz CT molecular complexity index is 647. The molecule has 0 saturated heterocycles. The molecule has 3 rings (SSSR count). The van der Waals surface area contributed by atoms with E-state index in [1.54, 1.807) is 0 Å². The van der Waals surface area contributed by atoms with Crippen molar-refractivity contribution in [2.24, 2.45) is 0 Å². The molecule has 4 heteroatoms. The van der Waals surface area contributed by atoms with E-state index in [9.17, 15) is 4.79 Å². The quantitative estimate of drug-likeness (QED) is 0.797. The van der Waals surface area contributed by atoms with Gasteiger partial charge in [0.1, 0.15) is 4.88 Å². The Morgan fingerprint density at radius 1 is 1.37 bits per heavy atom. The molecule has 1 aromatic carbocycles. The van der Waals surface area contributed by atoms with Crippen LogP contribution in [0.5, 0.6) is 0 Å². The summed E-state index contributed by atoms with van der Waals surface area (Å²) in [6, 6.07) is 8.36. The van der Waals surface area contributed by atoms with Crippen LogP contribution >= 0.6 is 11.3 Å². The summed E-state index contributed by atoms with van der Waals surface area (Å²) in [6.07, 6.45) is 0.929. The fraction of sp³-hybridized carbons (Fsp3) is 0.333. The average Bonchev–Trinajstić information content (AvgIpc) is 2.87. The van der Waals surface area contributed by atoms with Gasteiger partial charge in [0, 0.05) is 11.7 Å². The summed E-state index contributed by atoms with van der Waals surface area (Å²) in [5.41, 5.74) is 3.14. The number of carbonyl (C=O) groups excluding carboxylic acids is 1. The third-order valence-electron chi connectivity index (χ3n) is 3.52. The van der Waals surface area contributed by atoms with Gasteiger partial charge in [-0.15, -0.1) is 11.3 Å². The second kappa shape index (κ2) is 4.46. The highest BCUT2D eigenvalue weighted by atomic mass is 32.1. The number of aryl methyl sites for hydroxylation is 2. The Balaban J connectivity index is 2.03. The van der Waals surface area contributed by atoms with E-state index in [-0.39, 0.29) is 11.9 Å². The van der Waals surface area contributed by atoms with Gasteiger partial charge in [0.2, 0.25) is 0 Å². The van der Waals surface area contributed by atoms with Crippen molar-refractivity contribution in [1.82, 2.24) is 4.98 Å². The predicted molar refractivity (Wildman–Crippen MR) is 78.0 cm³/mol. The largest absolute Gasteiger partial charge is 0.304 e. The molecule has 0 N–H and O–H groups in total. The normalized spacial score (nSPS) is 17.6. The molecule has 1 unspecified atom stereocenters. The van der Waals surface area contributed by atoms with Gasteiger partial charge >= 0.3 is 0 Å². The molecule has 0 spiro atoms. The number of amides is 1. The summed E-state index contributed by atoms with van der Waals surface area (Å²) in [6.45, 7) is 5.94. The van der Waals surface area contributed by atoms with Gasteiger partial charge in [-0.2, -0.15) is 0 Å². The SMILES string of the molecule is Cc1nc(C)c(C(=O)N2c3ccccc3CC2C)s1. The minimum Gasteiger partial charge on any atom is -0.304 e. The van der Waals surface area contributed by atoms with E-state index in [1.165, 1.54) is 16.9 Å². The smallest absolute Gasteiger partial charge is 0.270 e. The second-order valence-electron chi connectivity index (χ2n) is 5.00. The van der Waals surface area contributed by atoms with Crippen LogP contribution in [0.15, 0.2) is 24.3 Å². The third kappa shape index (κ3) is 1.96. The molecule has 98 valence electrons. The van der Waals surface area contributed by atoms with E-state index in [2.05, 4.69) is 18.0 Å². The highest BCUT2D eigenvalue weighted by Crippen LogP contribution is 2.34. The maximum absolute atomic E-state index is 12.8. The fourth-order valence-corrected chi connectivity index (χ4v) is 3.57. The zero-order valence-corrected chi connectivity index (χ0v) is 12.1. The van der Waals surface area contributed by atoms with Gasteiger partial charge in [-0.05, 0) is 38.8 Å². The number of anilines is 1. The second-order valence-corrected chi connectivity index (χ2v) is 6.21. The molecule has 0 fully saturated rings. The molecule has 1 aromatic heterocycles. The Morgan fingerprint density at radius 2 is 2.11 bits per heavy atom. The van der Waals surface area contributed by atoms with Crippen molar-refractivity contribution < 1.29 is 4.79 Å². The highest BCUT2D eigenvalue weighted by molar-refractivity contribution is 7.13.